The van der Waals surface area contributed by atoms with Gasteiger partial charge in [0.2, 0.25) is 5.91 Å². The molecule has 1 unspecified atom stereocenters. The number of nitrogens with zero attached hydrogens (tertiary/aromatic N) is 2. The van der Waals surface area contributed by atoms with E-state index in [4.69, 9.17) is 0 Å². The smallest absolute Gasteiger partial charge is 0.237 e. The summed E-state index contributed by atoms with van der Waals surface area (Å²) in [5.41, 5.74) is 0. The number of hydrogen-bond donors (Lipinski definition) is 1. The quantitative estimate of drug-likeness (QED) is 0.926. The lowest BCUT2D eigenvalue weighted by Crippen LogP contribution is -2.43. The molecular weight excluding hydrogens is 284 g/mol. The molecule has 1 aromatic heterocycles. The highest BCUT2D eigenvalue weighted by Crippen LogP contribution is 2.34. The average molecular weight is 308 g/mol. The van der Waals surface area contributed by atoms with Crippen LogP contribution in [-0.2, 0) is 4.79 Å². The first-order valence-corrected chi connectivity index (χ1v) is 8.82. The fourth-order valence-corrected chi connectivity index (χ4v) is 4.32. The van der Waals surface area contributed by atoms with Crippen molar-refractivity contribution in [2.24, 2.45) is 5.92 Å². The van der Waals surface area contributed by atoms with Crippen LogP contribution in [0.15, 0.2) is 17.5 Å². The second-order valence-electron chi connectivity index (χ2n) is 6.16. The van der Waals surface area contributed by atoms with Crippen LogP contribution < -0.4 is 0 Å². The van der Waals surface area contributed by atoms with Gasteiger partial charge in [-0.25, -0.2) is 0 Å². The summed E-state index contributed by atoms with van der Waals surface area (Å²) >= 11 is 1.76. The van der Waals surface area contributed by atoms with Crippen molar-refractivity contribution in [2.45, 2.75) is 31.7 Å². The molecule has 5 heteroatoms. The Hall–Kier alpha value is -0.910. The van der Waals surface area contributed by atoms with Gasteiger partial charge in [-0.05, 0) is 56.1 Å². The molecule has 0 aromatic carbocycles. The lowest BCUT2D eigenvalue weighted by atomic mass is 9.98. The van der Waals surface area contributed by atoms with Crippen LogP contribution in [0.2, 0.25) is 0 Å². The molecule has 4 nitrogen and oxygen atoms in total. The number of aliphatic hydroxyl groups excluding tert-OH is 1. The molecule has 3 rings (SSSR count). The largest absolute Gasteiger partial charge is 0.396 e. The van der Waals surface area contributed by atoms with Gasteiger partial charge < -0.3 is 10.0 Å². The maximum Gasteiger partial charge on any atom is 0.237 e. The van der Waals surface area contributed by atoms with Gasteiger partial charge in [-0.15, -0.1) is 11.3 Å². The van der Waals surface area contributed by atoms with E-state index >= 15 is 0 Å². The van der Waals surface area contributed by atoms with Crippen molar-refractivity contribution >= 4 is 17.2 Å². The molecule has 116 valence electrons. The van der Waals surface area contributed by atoms with E-state index in [0.717, 1.165) is 45.3 Å². The van der Waals surface area contributed by atoms with Crippen LogP contribution in [-0.4, -0.2) is 53.6 Å². The van der Waals surface area contributed by atoms with Crippen LogP contribution >= 0.6 is 11.3 Å². The van der Waals surface area contributed by atoms with Crippen molar-refractivity contribution in [3.8, 4) is 0 Å². The molecule has 0 spiro atoms. The molecule has 3 heterocycles. The standard InChI is InChI=1S/C16H24N2O2S/c19-12-13-5-8-17(9-6-13)11-16(20)18-7-1-3-14(18)15-4-2-10-21-15/h2,4,10,13-14,19H,1,3,5-9,11-12H2. The lowest BCUT2D eigenvalue weighted by molar-refractivity contribution is -0.133. The number of carbonyl (C=O) groups is 1. The van der Waals surface area contributed by atoms with E-state index < -0.39 is 0 Å². The molecule has 2 aliphatic rings. The van der Waals surface area contributed by atoms with Gasteiger partial charge >= 0.3 is 0 Å². The highest BCUT2D eigenvalue weighted by molar-refractivity contribution is 7.10. The van der Waals surface area contributed by atoms with E-state index in [1.54, 1.807) is 11.3 Å². The van der Waals surface area contributed by atoms with Crippen molar-refractivity contribution in [2.75, 3.05) is 32.8 Å². The normalized spacial score (nSPS) is 24.6. The Morgan fingerprint density at radius 1 is 1.29 bits per heavy atom. The molecule has 1 aromatic rings. The van der Waals surface area contributed by atoms with E-state index in [0.29, 0.717) is 18.5 Å². The number of aliphatic hydroxyl groups is 1. The van der Waals surface area contributed by atoms with Gasteiger partial charge in [-0.1, -0.05) is 6.07 Å². The minimum Gasteiger partial charge on any atom is -0.396 e. The maximum atomic E-state index is 12.6. The van der Waals surface area contributed by atoms with Crippen molar-refractivity contribution in [3.05, 3.63) is 22.4 Å². The highest BCUT2D eigenvalue weighted by atomic mass is 32.1. The predicted octanol–water partition coefficient (Wildman–Crippen LogP) is 2.12. The molecule has 1 atom stereocenters. The van der Waals surface area contributed by atoms with Crippen LogP contribution in [0.4, 0.5) is 0 Å². The van der Waals surface area contributed by atoms with Crippen molar-refractivity contribution in [3.63, 3.8) is 0 Å². The molecule has 0 radical (unpaired) electrons. The Labute approximate surface area is 130 Å². The Morgan fingerprint density at radius 3 is 2.76 bits per heavy atom. The molecular formula is C16H24N2O2S. The number of thiophene rings is 1. The third-order valence-corrected chi connectivity index (χ3v) is 5.74. The second kappa shape index (κ2) is 6.90. The van der Waals surface area contributed by atoms with E-state index in [-0.39, 0.29) is 12.5 Å². The lowest BCUT2D eigenvalue weighted by Gasteiger charge is -2.32. The summed E-state index contributed by atoms with van der Waals surface area (Å²) in [6.45, 7) is 3.60. The zero-order valence-electron chi connectivity index (χ0n) is 12.4. The highest BCUT2D eigenvalue weighted by Gasteiger charge is 2.31. The fraction of sp³-hybridized carbons (Fsp3) is 0.688. The summed E-state index contributed by atoms with van der Waals surface area (Å²) in [6, 6.07) is 4.52. The summed E-state index contributed by atoms with van der Waals surface area (Å²) in [7, 11) is 0. The maximum absolute atomic E-state index is 12.6. The second-order valence-corrected chi connectivity index (χ2v) is 7.14. The Kier molecular flexibility index (Phi) is 4.93. The summed E-state index contributed by atoms with van der Waals surface area (Å²) in [5, 5.41) is 11.3. The van der Waals surface area contributed by atoms with Crippen LogP contribution in [0.25, 0.3) is 0 Å². The van der Waals surface area contributed by atoms with Gasteiger partial charge in [-0.2, -0.15) is 0 Å². The number of amides is 1. The van der Waals surface area contributed by atoms with E-state index in [2.05, 4.69) is 27.3 Å². The number of likely N-dealkylation sites (tertiary alicyclic amines) is 2. The number of carbonyl (C=O) groups excluding carboxylic acids is 1. The van der Waals surface area contributed by atoms with Gasteiger partial charge in [0.05, 0.1) is 12.6 Å². The molecule has 2 saturated heterocycles. The molecule has 0 aliphatic carbocycles. The summed E-state index contributed by atoms with van der Waals surface area (Å²) in [4.78, 5) is 18.3. The van der Waals surface area contributed by atoms with E-state index in [9.17, 15) is 9.90 Å². The number of hydrogen-bond acceptors (Lipinski definition) is 4. The summed E-state index contributed by atoms with van der Waals surface area (Å²) in [6.07, 6.45) is 4.23. The van der Waals surface area contributed by atoms with Crippen molar-refractivity contribution in [1.29, 1.82) is 0 Å². The van der Waals surface area contributed by atoms with E-state index in [1.165, 1.54) is 4.88 Å². The van der Waals surface area contributed by atoms with Gasteiger partial charge in [0.25, 0.3) is 0 Å². The summed E-state index contributed by atoms with van der Waals surface area (Å²) in [5.74, 6) is 0.704. The Balaban J connectivity index is 1.55. The van der Waals surface area contributed by atoms with Crippen LogP contribution in [0.3, 0.4) is 0 Å². The van der Waals surface area contributed by atoms with Crippen LogP contribution in [0.1, 0.15) is 36.6 Å². The minimum absolute atomic E-state index is 0.272. The Morgan fingerprint density at radius 2 is 2.10 bits per heavy atom. The minimum atomic E-state index is 0.272. The fourth-order valence-electron chi connectivity index (χ4n) is 3.45. The van der Waals surface area contributed by atoms with Gasteiger partial charge in [0, 0.05) is 18.0 Å². The number of piperidine rings is 1. The van der Waals surface area contributed by atoms with Gasteiger partial charge in [-0.3, -0.25) is 9.69 Å². The van der Waals surface area contributed by atoms with Crippen LogP contribution in [0, 0.1) is 5.92 Å². The monoisotopic (exact) mass is 308 g/mol. The first kappa shape index (κ1) is 15.0. The van der Waals surface area contributed by atoms with Gasteiger partial charge in [0.15, 0.2) is 0 Å². The van der Waals surface area contributed by atoms with Crippen molar-refractivity contribution in [1.82, 2.24) is 9.80 Å². The molecule has 0 saturated carbocycles. The first-order chi connectivity index (χ1) is 10.3. The summed E-state index contributed by atoms with van der Waals surface area (Å²) < 4.78 is 0. The Bertz CT molecular complexity index is 455. The van der Waals surface area contributed by atoms with Crippen LogP contribution in [0.5, 0.6) is 0 Å². The predicted molar refractivity (Wildman–Crippen MR) is 84.3 cm³/mol. The van der Waals surface area contributed by atoms with Crippen molar-refractivity contribution < 1.29 is 9.90 Å². The van der Waals surface area contributed by atoms with E-state index in [1.807, 2.05) is 0 Å². The molecule has 2 fully saturated rings. The number of rotatable bonds is 4. The molecule has 1 amide bonds. The third kappa shape index (κ3) is 3.47. The molecule has 21 heavy (non-hydrogen) atoms. The third-order valence-electron chi connectivity index (χ3n) is 4.77. The molecule has 2 aliphatic heterocycles. The topological polar surface area (TPSA) is 43.8 Å². The zero-order chi connectivity index (χ0) is 14.7. The zero-order valence-corrected chi connectivity index (χ0v) is 13.2. The SMILES string of the molecule is O=C(CN1CCC(CO)CC1)N1CCCC1c1cccs1. The average Bonchev–Trinajstić information content (AvgIpc) is 3.18. The first-order valence-electron chi connectivity index (χ1n) is 7.94. The molecule has 1 N–H and O–H groups in total. The van der Waals surface area contributed by atoms with Gasteiger partial charge in [0.1, 0.15) is 0 Å². The molecule has 0 bridgehead atoms.